The third-order valence-corrected chi connectivity index (χ3v) is 4.59. The van der Waals surface area contributed by atoms with E-state index in [-0.39, 0.29) is 5.92 Å². The van der Waals surface area contributed by atoms with Crippen molar-refractivity contribution >= 4 is 11.8 Å². The van der Waals surface area contributed by atoms with Gasteiger partial charge in [0, 0.05) is 12.6 Å². The molecule has 1 aliphatic heterocycles. The molecule has 132 valence electrons. The van der Waals surface area contributed by atoms with Crippen LogP contribution in [0.4, 0.5) is 0 Å². The predicted molar refractivity (Wildman–Crippen MR) is 91.8 cm³/mol. The zero-order valence-corrected chi connectivity index (χ0v) is 14.3. The fourth-order valence-electron chi connectivity index (χ4n) is 3.43. The van der Waals surface area contributed by atoms with Crippen molar-refractivity contribution in [2.24, 2.45) is 11.7 Å². The molecule has 0 radical (unpaired) electrons. The Morgan fingerprint density at radius 2 is 2.00 bits per heavy atom. The molecule has 1 heterocycles. The average Bonchev–Trinajstić information content (AvgIpc) is 3.02. The Hall–Kier alpha value is -1.92. The number of carbonyl (C=O) groups is 2. The molecule has 1 saturated heterocycles. The van der Waals surface area contributed by atoms with E-state index in [2.05, 4.69) is 5.32 Å². The Bertz CT molecular complexity index is 562. The topological polar surface area (TPSA) is 95.7 Å². The molecule has 2 amide bonds. The van der Waals surface area contributed by atoms with Crippen LogP contribution in [0.5, 0.6) is 0 Å². The fourth-order valence-corrected chi connectivity index (χ4v) is 3.43. The van der Waals surface area contributed by atoms with Crippen LogP contribution in [-0.2, 0) is 16.1 Å². The molecule has 1 aromatic carbocycles. The average molecular weight is 333 g/mol. The molecule has 1 fully saturated rings. The van der Waals surface area contributed by atoms with Crippen molar-refractivity contribution in [3.63, 3.8) is 0 Å². The molecule has 1 unspecified atom stereocenters. The SMILES string of the molecule is CC(C)[C@@H](C(O)C(=O)NCc1ccccc1)N1CCC[C@H]1C(N)=O. The molecule has 24 heavy (non-hydrogen) atoms. The summed E-state index contributed by atoms with van der Waals surface area (Å²) in [6.45, 7) is 4.91. The first-order valence-electron chi connectivity index (χ1n) is 8.46. The highest BCUT2D eigenvalue weighted by Gasteiger charge is 2.41. The van der Waals surface area contributed by atoms with Crippen molar-refractivity contribution in [3.8, 4) is 0 Å². The second kappa shape index (κ2) is 8.26. The van der Waals surface area contributed by atoms with Crippen LogP contribution < -0.4 is 11.1 Å². The van der Waals surface area contributed by atoms with E-state index in [1.165, 1.54) is 0 Å². The summed E-state index contributed by atoms with van der Waals surface area (Å²) in [5.74, 6) is -0.801. The maximum absolute atomic E-state index is 12.4. The van der Waals surface area contributed by atoms with Gasteiger partial charge in [-0.15, -0.1) is 0 Å². The maximum atomic E-state index is 12.4. The zero-order valence-electron chi connectivity index (χ0n) is 14.3. The first-order chi connectivity index (χ1) is 11.4. The van der Waals surface area contributed by atoms with Gasteiger partial charge in [0.25, 0.3) is 5.91 Å². The van der Waals surface area contributed by atoms with E-state index >= 15 is 0 Å². The Balaban J connectivity index is 2.04. The second-order valence-corrected chi connectivity index (χ2v) is 6.68. The van der Waals surface area contributed by atoms with Crippen LogP contribution in [0.3, 0.4) is 0 Å². The number of hydrogen-bond donors (Lipinski definition) is 3. The van der Waals surface area contributed by atoms with Crippen LogP contribution >= 0.6 is 0 Å². The number of primary amides is 1. The number of benzene rings is 1. The monoisotopic (exact) mass is 333 g/mol. The highest BCUT2D eigenvalue weighted by molar-refractivity contribution is 5.82. The third-order valence-electron chi connectivity index (χ3n) is 4.59. The maximum Gasteiger partial charge on any atom is 0.250 e. The number of nitrogens with zero attached hydrogens (tertiary/aromatic N) is 1. The summed E-state index contributed by atoms with van der Waals surface area (Å²) >= 11 is 0. The van der Waals surface area contributed by atoms with Gasteiger partial charge in [-0.25, -0.2) is 0 Å². The van der Waals surface area contributed by atoms with E-state index in [4.69, 9.17) is 5.73 Å². The van der Waals surface area contributed by atoms with Gasteiger partial charge in [0.15, 0.2) is 0 Å². The van der Waals surface area contributed by atoms with Crippen LogP contribution in [0, 0.1) is 5.92 Å². The van der Waals surface area contributed by atoms with Crippen LogP contribution in [0.1, 0.15) is 32.3 Å². The largest absolute Gasteiger partial charge is 0.382 e. The first-order valence-corrected chi connectivity index (χ1v) is 8.46. The molecular weight excluding hydrogens is 306 g/mol. The Morgan fingerprint density at radius 3 is 2.58 bits per heavy atom. The summed E-state index contributed by atoms with van der Waals surface area (Å²) in [5.41, 5.74) is 6.44. The molecule has 0 spiro atoms. The number of carbonyl (C=O) groups excluding carboxylic acids is 2. The summed E-state index contributed by atoms with van der Waals surface area (Å²) in [7, 11) is 0. The van der Waals surface area contributed by atoms with Crippen LogP contribution in [-0.4, -0.2) is 46.6 Å². The molecule has 1 aromatic rings. The third kappa shape index (κ3) is 4.33. The number of nitrogens with one attached hydrogen (secondary N) is 1. The van der Waals surface area contributed by atoms with E-state index in [1.54, 1.807) is 0 Å². The van der Waals surface area contributed by atoms with Crippen molar-refractivity contribution < 1.29 is 14.7 Å². The number of aliphatic hydroxyl groups is 1. The standard InChI is InChI=1S/C18H27N3O3/c1-12(2)15(21-10-6-9-14(21)17(19)23)16(22)18(24)20-11-13-7-4-3-5-8-13/h3-5,7-8,12,14-16,22H,6,9-11H2,1-2H3,(H2,19,23)(H,20,24)/t14-,15-,16?/m0/s1. The Labute approximate surface area is 143 Å². The summed E-state index contributed by atoms with van der Waals surface area (Å²) in [4.78, 5) is 25.9. The summed E-state index contributed by atoms with van der Waals surface area (Å²) < 4.78 is 0. The number of amides is 2. The number of nitrogens with two attached hydrogens (primary N) is 1. The Kier molecular flexibility index (Phi) is 6.34. The molecule has 0 aliphatic carbocycles. The fraction of sp³-hybridized carbons (Fsp3) is 0.556. The van der Waals surface area contributed by atoms with E-state index in [1.807, 2.05) is 49.1 Å². The molecule has 0 saturated carbocycles. The van der Waals surface area contributed by atoms with Crippen molar-refractivity contribution in [3.05, 3.63) is 35.9 Å². The number of aliphatic hydroxyl groups excluding tert-OH is 1. The molecule has 6 nitrogen and oxygen atoms in total. The summed E-state index contributed by atoms with van der Waals surface area (Å²) in [5, 5.41) is 13.3. The normalized spacial score (nSPS) is 20.8. The lowest BCUT2D eigenvalue weighted by Gasteiger charge is -2.36. The van der Waals surface area contributed by atoms with Gasteiger partial charge in [-0.3, -0.25) is 14.5 Å². The van der Waals surface area contributed by atoms with Crippen molar-refractivity contribution in [1.82, 2.24) is 10.2 Å². The molecule has 4 N–H and O–H groups in total. The van der Waals surface area contributed by atoms with Crippen molar-refractivity contribution in [1.29, 1.82) is 0 Å². The van der Waals surface area contributed by atoms with Gasteiger partial charge in [-0.1, -0.05) is 44.2 Å². The van der Waals surface area contributed by atoms with E-state index in [0.29, 0.717) is 19.5 Å². The van der Waals surface area contributed by atoms with Gasteiger partial charge >= 0.3 is 0 Å². The van der Waals surface area contributed by atoms with Gasteiger partial charge in [0.1, 0.15) is 6.10 Å². The van der Waals surface area contributed by atoms with Gasteiger partial charge < -0.3 is 16.2 Å². The van der Waals surface area contributed by atoms with Gasteiger partial charge in [0.05, 0.1) is 6.04 Å². The lowest BCUT2D eigenvalue weighted by Crippen LogP contribution is -2.56. The highest BCUT2D eigenvalue weighted by Crippen LogP contribution is 2.26. The van der Waals surface area contributed by atoms with Crippen molar-refractivity contribution in [2.75, 3.05) is 6.54 Å². The van der Waals surface area contributed by atoms with E-state index < -0.39 is 30.0 Å². The molecule has 6 heteroatoms. The zero-order chi connectivity index (χ0) is 17.7. The molecule has 0 aromatic heterocycles. The minimum absolute atomic E-state index is 0.0161. The number of rotatable bonds is 7. The minimum atomic E-state index is -1.20. The molecular formula is C18H27N3O3. The lowest BCUT2D eigenvalue weighted by molar-refractivity contribution is -0.137. The smallest absolute Gasteiger partial charge is 0.250 e. The van der Waals surface area contributed by atoms with Crippen LogP contribution in [0.2, 0.25) is 0 Å². The van der Waals surface area contributed by atoms with Crippen LogP contribution in [0.15, 0.2) is 30.3 Å². The Morgan fingerprint density at radius 1 is 1.33 bits per heavy atom. The highest BCUT2D eigenvalue weighted by atomic mass is 16.3. The summed E-state index contributed by atoms with van der Waals surface area (Å²) in [6, 6.07) is 8.70. The molecule has 0 bridgehead atoms. The van der Waals surface area contributed by atoms with Crippen LogP contribution in [0.25, 0.3) is 0 Å². The number of likely N-dealkylation sites (tertiary alicyclic amines) is 1. The van der Waals surface area contributed by atoms with E-state index in [9.17, 15) is 14.7 Å². The van der Waals surface area contributed by atoms with Gasteiger partial charge in [0.2, 0.25) is 5.91 Å². The molecule has 3 atom stereocenters. The quantitative estimate of drug-likeness (QED) is 0.682. The number of hydrogen-bond acceptors (Lipinski definition) is 4. The second-order valence-electron chi connectivity index (χ2n) is 6.68. The minimum Gasteiger partial charge on any atom is -0.382 e. The lowest BCUT2D eigenvalue weighted by atomic mass is 9.95. The molecule has 1 aliphatic rings. The van der Waals surface area contributed by atoms with Crippen molar-refractivity contribution in [2.45, 2.75) is 51.4 Å². The van der Waals surface area contributed by atoms with Gasteiger partial charge in [-0.05, 0) is 30.9 Å². The van der Waals surface area contributed by atoms with E-state index in [0.717, 1.165) is 12.0 Å². The summed E-state index contributed by atoms with van der Waals surface area (Å²) in [6.07, 6.45) is 0.320. The first kappa shape index (κ1) is 18.4. The predicted octanol–water partition coefficient (Wildman–Crippen LogP) is 0.638. The van der Waals surface area contributed by atoms with Gasteiger partial charge in [-0.2, -0.15) is 0 Å². The molecule has 2 rings (SSSR count).